The van der Waals surface area contributed by atoms with E-state index in [1.165, 1.54) is 48.2 Å². The summed E-state index contributed by atoms with van der Waals surface area (Å²) in [7, 11) is 1.41. The van der Waals surface area contributed by atoms with Crippen molar-refractivity contribution in [1.29, 1.82) is 5.26 Å². The van der Waals surface area contributed by atoms with Crippen molar-refractivity contribution < 1.29 is 14.6 Å². The second kappa shape index (κ2) is 5.28. The molecule has 0 aliphatic heterocycles. The van der Waals surface area contributed by atoms with Crippen LogP contribution < -0.4 is 10.3 Å². The van der Waals surface area contributed by atoms with Crippen LogP contribution >= 0.6 is 0 Å². The Hall–Kier alpha value is -3.07. The van der Waals surface area contributed by atoms with Gasteiger partial charge in [-0.1, -0.05) is 0 Å². The van der Waals surface area contributed by atoms with Gasteiger partial charge in [-0.15, -0.1) is 0 Å². The molecule has 0 aliphatic rings. The molecule has 1 N–H and O–H groups in total. The Morgan fingerprint density at radius 3 is 2.70 bits per heavy atom. The number of nitriles is 1. The number of carboxylic acid groups (broad SMARTS) is 1. The summed E-state index contributed by atoms with van der Waals surface area (Å²) in [6, 6.07) is 8.90. The molecule has 0 saturated carbocycles. The first-order valence-electron chi connectivity index (χ1n) is 5.61. The van der Waals surface area contributed by atoms with Crippen LogP contribution in [0, 0.1) is 11.3 Å². The zero-order valence-corrected chi connectivity index (χ0v) is 10.5. The number of ether oxygens (including phenoxy) is 1. The van der Waals surface area contributed by atoms with Crippen LogP contribution in [-0.2, 0) is 0 Å². The third-order valence-corrected chi connectivity index (χ3v) is 2.73. The minimum Gasteiger partial charge on any atom is -0.495 e. The molecule has 0 spiro atoms. The second-order valence-corrected chi connectivity index (χ2v) is 3.93. The molecule has 0 saturated heterocycles. The molecule has 0 atom stereocenters. The molecule has 1 heterocycles. The highest BCUT2D eigenvalue weighted by molar-refractivity contribution is 5.87. The zero-order chi connectivity index (χ0) is 14.7. The monoisotopic (exact) mass is 270 g/mol. The Bertz CT molecular complexity index is 771. The number of methoxy groups -OCH3 is 1. The van der Waals surface area contributed by atoms with Gasteiger partial charge in [-0.05, 0) is 18.2 Å². The minimum absolute atomic E-state index is 0.0176. The molecule has 0 amide bonds. The number of benzene rings is 1. The first-order chi connectivity index (χ1) is 9.56. The Kier molecular flexibility index (Phi) is 3.53. The number of carboxylic acids is 1. The molecular formula is C14H10N2O4. The maximum absolute atomic E-state index is 11.9. The number of rotatable bonds is 3. The van der Waals surface area contributed by atoms with Gasteiger partial charge in [0.2, 0.25) is 0 Å². The van der Waals surface area contributed by atoms with Crippen molar-refractivity contribution in [2.75, 3.05) is 7.11 Å². The number of nitrogens with zero attached hydrogens (tertiary/aromatic N) is 2. The van der Waals surface area contributed by atoms with Gasteiger partial charge in [0, 0.05) is 18.3 Å². The fraction of sp³-hybridized carbons (Fsp3) is 0.0714. The van der Waals surface area contributed by atoms with E-state index in [0.29, 0.717) is 17.0 Å². The van der Waals surface area contributed by atoms with Crippen LogP contribution in [0.25, 0.3) is 5.69 Å². The van der Waals surface area contributed by atoms with Gasteiger partial charge >= 0.3 is 5.97 Å². The molecule has 0 radical (unpaired) electrons. The van der Waals surface area contributed by atoms with E-state index >= 15 is 0 Å². The van der Waals surface area contributed by atoms with Crippen LogP contribution in [0.2, 0.25) is 0 Å². The van der Waals surface area contributed by atoms with Crippen LogP contribution in [-0.4, -0.2) is 22.8 Å². The molecule has 0 bridgehead atoms. The van der Waals surface area contributed by atoms with E-state index in [1.807, 2.05) is 6.07 Å². The Morgan fingerprint density at radius 1 is 1.35 bits per heavy atom. The van der Waals surface area contributed by atoms with E-state index in [4.69, 9.17) is 15.1 Å². The standard InChI is InChI=1S/C14H10N2O4/c1-20-12-6-9(7-15)2-4-11(12)16-8-10(14(18)19)3-5-13(16)17/h2-6,8H,1H3,(H,18,19). The zero-order valence-electron chi connectivity index (χ0n) is 10.5. The fourth-order valence-electron chi connectivity index (χ4n) is 1.75. The predicted molar refractivity (Wildman–Crippen MR) is 70.3 cm³/mol. The van der Waals surface area contributed by atoms with Gasteiger partial charge in [-0.25, -0.2) is 4.79 Å². The fourth-order valence-corrected chi connectivity index (χ4v) is 1.75. The largest absolute Gasteiger partial charge is 0.495 e. The van der Waals surface area contributed by atoms with Crippen LogP contribution in [0.4, 0.5) is 0 Å². The number of hydrogen-bond acceptors (Lipinski definition) is 4. The maximum Gasteiger partial charge on any atom is 0.337 e. The van der Waals surface area contributed by atoms with Gasteiger partial charge in [0.05, 0.1) is 30.0 Å². The number of carbonyl (C=O) groups is 1. The lowest BCUT2D eigenvalue weighted by molar-refractivity contribution is 0.0696. The SMILES string of the molecule is COc1cc(C#N)ccc1-n1cc(C(=O)O)ccc1=O. The normalized spacial score (nSPS) is 9.80. The van der Waals surface area contributed by atoms with Crippen molar-refractivity contribution in [1.82, 2.24) is 4.57 Å². The van der Waals surface area contributed by atoms with E-state index in [9.17, 15) is 9.59 Å². The molecule has 6 heteroatoms. The summed E-state index contributed by atoms with van der Waals surface area (Å²) in [5.41, 5.74) is 0.349. The number of pyridine rings is 1. The van der Waals surface area contributed by atoms with Crippen LogP contribution in [0.1, 0.15) is 15.9 Å². The molecule has 1 aromatic carbocycles. The van der Waals surface area contributed by atoms with Crippen molar-refractivity contribution in [3.8, 4) is 17.5 Å². The second-order valence-electron chi connectivity index (χ2n) is 3.93. The molecule has 20 heavy (non-hydrogen) atoms. The van der Waals surface area contributed by atoms with Gasteiger partial charge in [-0.2, -0.15) is 5.26 Å². The summed E-state index contributed by atoms with van der Waals surface area (Å²) < 4.78 is 6.31. The minimum atomic E-state index is -1.13. The highest BCUT2D eigenvalue weighted by Gasteiger charge is 2.11. The van der Waals surface area contributed by atoms with Crippen LogP contribution in [0.5, 0.6) is 5.75 Å². The van der Waals surface area contributed by atoms with Gasteiger partial charge in [0.15, 0.2) is 0 Å². The van der Waals surface area contributed by atoms with Gasteiger partial charge in [-0.3, -0.25) is 9.36 Å². The van der Waals surface area contributed by atoms with E-state index in [0.717, 1.165) is 0 Å². The summed E-state index contributed by atoms with van der Waals surface area (Å²) in [5.74, 6) is -0.819. The van der Waals surface area contributed by atoms with E-state index in [2.05, 4.69) is 0 Å². The molecule has 6 nitrogen and oxygen atoms in total. The summed E-state index contributed by atoms with van der Waals surface area (Å²) in [6.45, 7) is 0. The first-order valence-corrected chi connectivity index (χ1v) is 5.61. The van der Waals surface area contributed by atoms with E-state index < -0.39 is 11.5 Å². The molecule has 0 aliphatic carbocycles. The Morgan fingerprint density at radius 2 is 2.10 bits per heavy atom. The summed E-state index contributed by atoms with van der Waals surface area (Å²) >= 11 is 0. The average Bonchev–Trinajstić information content (AvgIpc) is 2.47. The molecule has 2 aromatic rings. The van der Waals surface area contributed by atoms with E-state index in [-0.39, 0.29) is 5.56 Å². The summed E-state index contributed by atoms with van der Waals surface area (Å²) in [6.07, 6.45) is 1.22. The van der Waals surface area contributed by atoms with Crippen molar-refractivity contribution >= 4 is 5.97 Å². The number of aromatic carboxylic acids is 1. The van der Waals surface area contributed by atoms with Crippen LogP contribution in [0.15, 0.2) is 41.3 Å². The van der Waals surface area contributed by atoms with E-state index in [1.54, 1.807) is 0 Å². The van der Waals surface area contributed by atoms with Crippen molar-refractivity contribution in [2.24, 2.45) is 0 Å². The highest BCUT2D eigenvalue weighted by Crippen LogP contribution is 2.23. The van der Waals surface area contributed by atoms with Gasteiger partial charge < -0.3 is 9.84 Å². The average molecular weight is 270 g/mol. The number of hydrogen-bond donors (Lipinski definition) is 1. The molecule has 1 aromatic heterocycles. The van der Waals surface area contributed by atoms with Crippen molar-refractivity contribution in [2.45, 2.75) is 0 Å². The third-order valence-electron chi connectivity index (χ3n) is 2.73. The first kappa shape index (κ1) is 13.4. The molecule has 0 unspecified atom stereocenters. The lowest BCUT2D eigenvalue weighted by Crippen LogP contribution is -2.19. The van der Waals surface area contributed by atoms with Crippen molar-refractivity contribution in [3.63, 3.8) is 0 Å². The predicted octanol–water partition coefficient (Wildman–Crippen LogP) is 1.42. The lowest BCUT2D eigenvalue weighted by Gasteiger charge is -2.11. The van der Waals surface area contributed by atoms with Crippen molar-refractivity contribution in [3.05, 3.63) is 58.0 Å². The van der Waals surface area contributed by atoms with Gasteiger partial charge in [0.25, 0.3) is 5.56 Å². The lowest BCUT2D eigenvalue weighted by atomic mass is 10.2. The summed E-state index contributed by atoms with van der Waals surface area (Å²) in [4.78, 5) is 22.8. The summed E-state index contributed by atoms with van der Waals surface area (Å²) in [5, 5.41) is 17.8. The maximum atomic E-state index is 11.9. The molecule has 2 rings (SSSR count). The molecular weight excluding hydrogens is 260 g/mol. The number of aromatic nitrogens is 1. The van der Waals surface area contributed by atoms with Gasteiger partial charge in [0.1, 0.15) is 5.75 Å². The quantitative estimate of drug-likeness (QED) is 0.910. The Labute approximate surface area is 114 Å². The Balaban J connectivity index is 2.68. The van der Waals surface area contributed by atoms with Crippen LogP contribution in [0.3, 0.4) is 0 Å². The third kappa shape index (κ3) is 2.37. The molecule has 100 valence electrons. The topological polar surface area (TPSA) is 92.3 Å². The molecule has 0 fully saturated rings. The smallest absolute Gasteiger partial charge is 0.337 e. The highest BCUT2D eigenvalue weighted by atomic mass is 16.5.